The zero-order valence-electron chi connectivity index (χ0n) is 19.6. The van der Waals surface area contributed by atoms with Gasteiger partial charge in [-0.05, 0) is 81.8 Å². The molecule has 10 radical (unpaired) electrons. The van der Waals surface area contributed by atoms with E-state index in [1.165, 1.54) is 4.90 Å². The van der Waals surface area contributed by atoms with Crippen molar-refractivity contribution >= 4 is 12.0 Å². The zero-order chi connectivity index (χ0) is 23.8. The first-order valence-corrected chi connectivity index (χ1v) is 11.6. The molecule has 1 aliphatic heterocycles. The Morgan fingerprint density at radius 1 is 0.829 bits per heavy atom. The molecule has 2 amide bonds. The van der Waals surface area contributed by atoms with Crippen LogP contribution >= 0.6 is 0 Å². The molecule has 5 rings (SSSR count). The maximum Gasteiger partial charge on any atom is 2.00 e. The predicted molar refractivity (Wildman–Crippen MR) is 132 cm³/mol. The molecule has 2 aliphatic carbocycles. The fourth-order valence-corrected chi connectivity index (χ4v) is 4.30. The fourth-order valence-electron chi connectivity index (χ4n) is 4.30. The Balaban J connectivity index is 0.000000509. The molecule has 0 unspecified atom stereocenters. The average molecular weight is 507 g/mol. The molecular weight excluding hydrogens is 478 g/mol. The van der Waals surface area contributed by atoms with Crippen LogP contribution in [0.15, 0.2) is 60.7 Å². The van der Waals surface area contributed by atoms with E-state index in [4.69, 9.17) is 4.74 Å². The number of carbonyl (C=O) groups excluding carboxylic acids is 2. The predicted octanol–water partition coefficient (Wildman–Crippen LogP) is 5.25. The van der Waals surface area contributed by atoms with Crippen molar-refractivity contribution in [2.24, 2.45) is 5.92 Å². The number of rotatable bonds is 6. The van der Waals surface area contributed by atoms with E-state index in [2.05, 4.69) is 0 Å². The van der Waals surface area contributed by atoms with Crippen molar-refractivity contribution in [3.05, 3.63) is 135 Å². The number of ether oxygens (including phenoxy) is 1. The van der Waals surface area contributed by atoms with Crippen LogP contribution in [0.2, 0.25) is 0 Å². The molecule has 1 heterocycles. The van der Waals surface area contributed by atoms with Crippen molar-refractivity contribution < 1.29 is 31.4 Å². The minimum absolute atomic E-state index is 0. The molecule has 0 aromatic heterocycles. The van der Waals surface area contributed by atoms with Gasteiger partial charge in [-0.2, -0.15) is 0 Å². The average Bonchev–Trinajstić information content (AvgIpc) is 3.64. The van der Waals surface area contributed by atoms with Crippen LogP contribution in [0.25, 0.3) is 0 Å². The van der Waals surface area contributed by atoms with Crippen molar-refractivity contribution in [2.75, 3.05) is 0 Å². The normalized spacial score (nSPS) is 22.7. The number of imide groups is 1. The third-order valence-electron chi connectivity index (χ3n) is 6.01. The second-order valence-corrected chi connectivity index (χ2v) is 8.54. The molecule has 5 heteroatoms. The van der Waals surface area contributed by atoms with Gasteiger partial charge in [-0.1, -0.05) is 67.6 Å². The van der Waals surface area contributed by atoms with Gasteiger partial charge in [-0.25, -0.2) is 9.69 Å². The summed E-state index contributed by atoms with van der Waals surface area (Å²) in [5, 5.41) is 0. The number of amides is 2. The fraction of sp³-hybridized carbons (Fsp3) is 0.200. The van der Waals surface area contributed by atoms with Gasteiger partial charge >= 0.3 is 23.2 Å². The summed E-state index contributed by atoms with van der Waals surface area (Å²) in [5.41, 5.74) is 2.15. The number of benzene rings is 2. The van der Waals surface area contributed by atoms with E-state index in [0.717, 1.165) is 17.0 Å². The van der Waals surface area contributed by atoms with Gasteiger partial charge in [0.25, 0.3) is 0 Å². The van der Waals surface area contributed by atoms with Gasteiger partial charge in [0, 0.05) is 11.8 Å². The molecule has 1 saturated heterocycles. The molecule has 0 N–H and O–H groups in total. The largest absolute Gasteiger partial charge is 2.00 e. The van der Waals surface area contributed by atoms with Crippen LogP contribution in [0.3, 0.4) is 0 Å². The molecule has 3 aliphatic rings. The van der Waals surface area contributed by atoms with Crippen molar-refractivity contribution in [1.29, 1.82) is 0 Å². The molecule has 2 aromatic rings. The minimum atomic E-state index is -0.554. The maximum absolute atomic E-state index is 13.3. The van der Waals surface area contributed by atoms with Crippen LogP contribution in [0.5, 0.6) is 0 Å². The Morgan fingerprint density at radius 2 is 1.34 bits per heavy atom. The van der Waals surface area contributed by atoms with Gasteiger partial charge in [0.05, 0.1) is 6.04 Å². The first-order chi connectivity index (χ1) is 16.6. The van der Waals surface area contributed by atoms with E-state index < -0.39 is 12.2 Å². The van der Waals surface area contributed by atoms with Gasteiger partial charge in [0.2, 0.25) is 5.91 Å². The second-order valence-electron chi connectivity index (χ2n) is 8.54. The van der Waals surface area contributed by atoms with Crippen LogP contribution < -0.4 is 0 Å². The van der Waals surface area contributed by atoms with Crippen molar-refractivity contribution in [2.45, 2.75) is 31.9 Å². The third kappa shape index (κ3) is 7.44. The summed E-state index contributed by atoms with van der Waals surface area (Å²) in [7, 11) is 0. The minimum Gasteiger partial charge on any atom is -0.443 e. The first-order valence-electron chi connectivity index (χ1n) is 11.6. The van der Waals surface area contributed by atoms with Gasteiger partial charge in [0.15, 0.2) is 0 Å². The summed E-state index contributed by atoms with van der Waals surface area (Å²) in [4.78, 5) is 27.4. The Bertz CT molecular complexity index is 902. The van der Waals surface area contributed by atoms with Gasteiger partial charge in [-0.3, -0.25) is 4.79 Å². The number of cyclic esters (lactones) is 1. The van der Waals surface area contributed by atoms with Crippen LogP contribution in [-0.4, -0.2) is 29.0 Å². The summed E-state index contributed by atoms with van der Waals surface area (Å²) in [6, 6.07) is 19.4. The summed E-state index contributed by atoms with van der Waals surface area (Å²) in [6.45, 7) is 1.87. The molecule has 3 atom stereocenters. The van der Waals surface area contributed by atoms with Crippen molar-refractivity contribution in [1.82, 2.24) is 4.90 Å². The Morgan fingerprint density at radius 3 is 1.89 bits per heavy atom. The van der Waals surface area contributed by atoms with Gasteiger partial charge in [-0.15, -0.1) is 0 Å². The van der Waals surface area contributed by atoms with Crippen LogP contribution in [-0.2, 0) is 39.4 Å². The summed E-state index contributed by atoms with van der Waals surface area (Å²) >= 11 is 0. The topological polar surface area (TPSA) is 46.6 Å². The number of hydrogen-bond donors (Lipinski definition) is 0. The second kappa shape index (κ2) is 13.8. The molecule has 2 saturated carbocycles. The summed E-state index contributed by atoms with van der Waals surface area (Å²) in [5.74, 6) is 0.417. The number of nitrogens with zero attached hydrogens (tertiary/aromatic N) is 1. The SMILES string of the molecule is C[C@@H](Cc1ccccc1)C(=O)N1C(=O)O[C@@H]([C]2[CH][CH][CH][CH]2)[C@H]1Cc1ccccc1.[CH]1[CH][CH][CH][CH]1.[Fe+2]. The molecule has 178 valence electrons. The number of carbonyl (C=O) groups is 2. The van der Waals surface area contributed by atoms with E-state index in [-0.39, 0.29) is 34.9 Å². The van der Waals surface area contributed by atoms with E-state index >= 15 is 0 Å². The van der Waals surface area contributed by atoms with Crippen LogP contribution in [0.4, 0.5) is 4.79 Å². The molecule has 2 aromatic carbocycles. The molecule has 35 heavy (non-hydrogen) atoms. The van der Waals surface area contributed by atoms with Crippen molar-refractivity contribution in [3.8, 4) is 0 Å². The van der Waals surface area contributed by atoms with Gasteiger partial charge in [0.1, 0.15) is 6.10 Å². The van der Waals surface area contributed by atoms with E-state index in [1.807, 2.05) is 125 Å². The summed E-state index contributed by atoms with van der Waals surface area (Å²) in [6.07, 6.45) is 17.9. The van der Waals surface area contributed by atoms with E-state index in [9.17, 15) is 9.59 Å². The van der Waals surface area contributed by atoms with E-state index in [0.29, 0.717) is 12.8 Å². The maximum atomic E-state index is 13.3. The van der Waals surface area contributed by atoms with Crippen LogP contribution in [0.1, 0.15) is 18.1 Å². The van der Waals surface area contributed by atoms with Crippen molar-refractivity contribution in [3.63, 3.8) is 0 Å². The Kier molecular flexibility index (Phi) is 10.9. The van der Waals surface area contributed by atoms with Crippen LogP contribution in [0, 0.1) is 69.6 Å². The standard InChI is InChI=1S/C25H24NO3.C5H5.Fe/c1-18(16-19-10-4-2-5-11-19)24(27)26-22(17-20-12-6-3-7-13-20)23(29-25(26)28)21-14-8-9-15-21;1-2-4-5-3-1;/h2-15,18,22-23H,16-17H2,1H3;1-5H;/q;;+2/t18-,22+,23-;;/m0../s1. The molecule has 0 spiro atoms. The van der Waals surface area contributed by atoms with Gasteiger partial charge < -0.3 is 4.74 Å². The monoisotopic (exact) mass is 507 g/mol. The third-order valence-corrected chi connectivity index (χ3v) is 6.01. The molecular formula is C30H29FeNO3+2. The zero-order valence-corrected chi connectivity index (χ0v) is 20.7. The molecule has 0 bridgehead atoms. The number of hydrogen-bond acceptors (Lipinski definition) is 3. The first kappa shape index (κ1) is 27.5. The summed E-state index contributed by atoms with van der Waals surface area (Å²) < 4.78 is 5.69. The smallest absolute Gasteiger partial charge is 0.443 e. The molecule has 4 nitrogen and oxygen atoms in total. The Labute approximate surface area is 221 Å². The quantitative estimate of drug-likeness (QED) is 0.502. The molecule has 3 fully saturated rings. The Hall–Kier alpha value is -2.10. The van der Waals surface area contributed by atoms with E-state index in [1.54, 1.807) is 0 Å².